The lowest BCUT2D eigenvalue weighted by Gasteiger charge is -2.26. The lowest BCUT2D eigenvalue weighted by Crippen LogP contribution is -2.35. The molecule has 0 radical (unpaired) electrons. The van der Waals surface area contributed by atoms with Gasteiger partial charge in [-0.1, -0.05) is 11.2 Å². The molecule has 28 heavy (non-hydrogen) atoms. The molecule has 4 rings (SSSR count). The molecule has 0 atom stereocenters. The first-order chi connectivity index (χ1) is 13.1. The summed E-state index contributed by atoms with van der Waals surface area (Å²) in [6.07, 6.45) is -4.36. The van der Waals surface area contributed by atoms with E-state index in [-0.39, 0.29) is 23.8 Å². The quantitative estimate of drug-likeness (QED) is 0.589. The molecule has 0 amide bonds. The Bertz CT molecular complexity index is 1140. The standard InChI is InChI=1S/C16H11F4N3O3S2/c17-10-2-1-3-11(7-10)28(24,25)23-5-4-12-9(8-23)6-13(27-12)14-21-15(26-22-14)16(18,19)20/h1-3,6-7H,4-5,8H2. The fraction of sp³-hybridized carbons (Fsp3) is 0.250. The molecule has 3 aromatic rings. The molecule has 3 heterocycles. The molecule has 1 aliphatic rings. The van der Waals surface area contributed by atoms with E-state index < -0.39 is 27.9 Å². The Labute approximate surface area is 160 Å². The van der Waals surface area contributed by atoms with Crippen LogP contribution in [0.3, 0.4) is 0 Å². The molecule has 0 fully saturated rings. The maximum atomic E-state index is 13.4. The summed E-state index contributed by atoms with van der Waals surface area (Å²) >= 11 is 1.19. The Morgan fingerprint density at radius 3 is 2.68 bits per heavy atom. The summed E-state index contributed by atoms with van der Waals surface area (Å²) in [5.41, 5.74) is 0.643. The topological polar surface area (TPSA) is 76.3 Å². The van der Waals surface area contributed by atoms with Gasteiger partial charge in [-0.2, -0.15) is 22.5 Å². The van der Waals surface area contributed by atoms with Gasteiger partial charge in [0.2, 0.25) is 15.8 Å². The predicted molar refractivity (Wildman–Crippen MR) is 90.3 cm³/mol. The van der Waals surface area contributed by atoms with Gasteiger partial charge in [-0.25, -0.2) is 12.8 Å². The summed E-state index contributed by atoms with van der Waals surface area (Å²) in [6, 6.07) is 6.28. The van der Waals surface area contributed by atoms with E-state index in [1.54, 1.807) is 6.07 Å². The number of aromatic nitrogens is 2. The minimum absolute atomic E-state index is 0.0225. The Kier molecular flexibility index (Phi) is 4.51. The molecule has 0 saturated heterocycles. The van der Waals surface area contributed by atoms with E-state index >= 15 is 0 Å². The minimum atomic E-state index is -4.74. The van der Waals surface area contributed by atoms with Gasteiger partial charge in [0.25, 0.3) is 0 Å². The van der Waals surface area contributed by atoms with Crippen LogP contribution in [0, 0.1) is 5.82 Å². The van der Waals surface area contributed by atoms with Crippen LogP contribution < -0.4 is 0 Å². The van der Waals surface area contributed by atoms with Crippen molar-refractivity contribution in [2.24, 2.45) is 0 Å². The Balaban J connectivity index is 1.61. The summed E-state index contributed by atoms with van der Waals surface area (Å²) in [6.45, 7) is 0.195. The van der Waals surface area contributed by atoms with E-state index in [4.69, 9.17) is 0 Å². The molecule has 0 aliphatic carbocycles. The highest BCUT2D eigenvalue weighted by Crippen LogP contribution is 2.36. The first-order valence-electron chi connectivity index (χ1n) is 7.93. The molecule has 0 spiro atoms. The van der Waals surface area contributed by atoms with Crippen LogP contribution in [0.5, 0.6) is 0 Å². The average Bonchev–Trinajstić information content (AvgIpc) is 3.27. The van der Waals surface area contributed by atoms with Gasteiger partial charge in [-0.05, 0) is 36.2 Å². The van der Waals surface area contributed by atoms with E-state index in [0.29, 0.717) is 16.9 Å². The zero-order chi connectivity index (χ0) is 20.1. The van der Waals surface area contributed by atoms with Gasteiger partial charge in [0.1, 0.15) is 5.82 Å². The smallest absolute Gasteiger partial charge is 0.329 e. The van der Waals surface area contributed by atoms with E-state index in [9.17, 15) is 26.0 Å². The first kappa shape index (κ1) is 19.0. The molecule has 0 unspecified atom stereocenters. The van der Waals surface area contributed by atoms with E-state index in [2.05, 4.69) is 14.7 Å². The van der Waals surface area contributed by atoms with Gasteiger partial charge in [0.05, 0.1) is 9.77 Å². The zero-order valence-corrected chi connectivity index (χ0v) is 15.5. The second-order valence-electron chi connectivity index (χ2n) is 6.03. The summed E-state index contributed by atoms with van der Waals surface area (Å²) in [7, 11) is -3.90. The van der Waals surface area contributed by atoms with Crippen molar-refractivity contribution in [3.8, 4) is 10.7 Å². The number of nitrogens with zero attached hydrogens (tertiary/aromatic N) is 3. The van der Waals surface area contributed by atoms with Crippen LogP contribution in [-0.2, 0) is 29.2 Å². The van der Waals surface area contributed by atoms with Crippen molar-refractivity contribution in [1.82, 2.24) is 14.4 Å². The van der Waals surface area contributed by atoms with Gasteiger partial charge in [-0.3, -0.25) is 0 Å². The van der Waals surface area contributed by atoms with Crippen molar-refractivity contribution >= 4 is 21.4 Å². The first-order valence-corrected chi connectivity index (χ1v) is 10.2. The third-order valence-electron chi connectivity index (χ3n) is 4.15. The van der Waals surface area contributed by atoms with Gasteiger partial charge < -0.3 is 4.52 Å². The van der Waals surface area contributed by atoms with Gasteiger partial charge >= 0.3 is 12.1 Å². The second-order valence-corrected chi connectivity index (χ2v) is 9.10. The largest absolute Gasteiger partial charge is 0.471 e. The Morgan fingerprint density at radius 1 is 1.21 bits per heavy atom. The van der Waals surface area contributed by atoms with Crippen LogP contribution >= 0.6 is 11.3 Å². The molecular formula is C16H11F4N3O3S2. The summed E-state index contributed by atoms with van der Waals surface area (Å²) in [5.74, 6) is -2.30. The van der Waals surface area contributed by atoms with Crippen LogP contribution in [0.2, 0.25) is 0 Å². The highest BCUT2D eigenvalue weighted by atomic mass is 32.2. The molecule has 1 aliphatic heterocycles. The summed E-state index contributed by atoms with van der Waals surface area (Å²) < 4.78 is 82.2. The fourth-order valence-electron chi connectivity index (χ4n) is 2.84. The lowest BCUT2D eigenvalue weighted by atomic mass is 10.1. The van der Waals surface area contributed by atoms with Crippen LogP contribution in [0.4, 0.5) is 17.6 Å². The monoisotopic (exact) mass is 433 g/mol. The van der Waals surface area contributed by atoms with Crippen LogP contribution in [0.25, 0.3) is 10.7 Å². The van der Waals surface area contributed by atoms with Crippen LogP contribution in [-0.4, -0.2) is 29.4 Å². The number of sulfonamides is 1. The Hall–Kier alpha value is -2.31. The molecule has 148 valence electrons. The van der Waals surface area contributed by atoms with E-state index in [1.165, 1.54) is 27.8 Å². The third kappa shape index (κ3) is 3.42. The molecule has 0 N–H and O–H groups in total. The number of rotatable bonds is 3. The van der Waals surface area contributed by atoms with Crippen molar-refractivity contribution in [1.29, 1.82) is 0 Å². The van der Waals surface area contributed by atoms with Crippen molar-refractivity contribution in [3.05, 3.63) is 52.5 Å². The van der Waals surface area contributed by atoms with Crippen LogP contribution in [0.1, 0.15) is 16.3 Å². The molecule has 0 bridgehead atoms. The summed E-state index contributed by atoms with van der Waals surface area (Å²) in [4.78, 5) is 4.39. The molecular weight excluding hydrogens is 422 g/mol. The summed E-state index contributed by atoms with van der Waals surface area (Å²) in [5, 5.41) is 3.35. The number of benzene rings is 1. The van der Waals surface area contributed by atoms with Gasteiger partial charge in [-0.15, -0.1) is 11.3 Å². The second kappa shape index (κ2) is 6.64. The number of fused-ring (bicyclic) bond motifs is 1. The van der Waals surface area contributed by atoms with Gasteiger partial charge in [0.15, 0.2) is 0 Å². The van der Waals surface area contributed by atoms with Crippen molar-refractivity contribution in [2.75, 3.05) is 6.54 Å². The number of thiophene rings is 1. The third-order valence-corrected chi connectivity index (χ3v) is 7.23. The molecule has 0 saturated carbocycles. The van der Waals surface area contributed by atoms with E-state index in [0.717, 1.165) is 17.0 Å². The highest BCUT2D eigenvalue weighted by molar-refractivity contribution is 7.89. The normalized spacial score (nSPS) is 15.6. The number of halogens is 4. The van der Waals surface area contributed by atoms with Crippen LogP contribution in [0.15, 0.2) is 39.8 Å². The zero-order valence-electron chi connectivity index (χ0n) is 13.9. The van der Waals surface area contributed by atoms with Gasteiger partial charge in [0, 0.05) is 18.0 Å². The molecule has 2 aromatic heterocycles. The highest BCUT2D eigenvalue weighted by Gasteiger charge is 2.39. The van der Waals surface area contributed by atoms with Crippen molar-refractivity contribution in [2.45, 2.75) is 24.0 Å². The predicted octanol–water partition coefficient (Wildman–Crippen LogP) is 3.70. The molecule has 6 nitrogen and oxygen atoms in total. The molecule has 1 aromatic carbocycles. The Morgan fingerprint density at radius 2 is 2.00 bits per heavy atom. The number of hydrogen-bond acceptors (Lipinski definition) is 6. The van der Waals surface area contributed by atoms with Crippen molar-refractivity contribution in [3.63, 3.8) is 0 Å². The maximum absolute atomic E-state index is 13.4. The van der Waals surface area contributed by atoms with Crippen molar-refractivity contribution < 1.29 is 30.5 Å². The number of alkyl halides is 3. The lowest BCUT2D eigenvalue weighted by molar-refractivity contribution is -0.159. The fourth-order valence-corrected chi connectivity index (χ4v) is 5.38. The minimum Gasteiger partial charge on any atom is -0.329 e. The maximum Gasteiger partial charge on any atom is 0.471 e. The van der Waals surface area contributed by atoms with E-state index in [1.807, 2.05) is 0 Å². The number of hydrogen-bond donors (Lipinski definition) is 0. The SMILES string of the molecule is O=S(=O)(c1cccc(F)c1)N1CCc2sc(-c3noc(C(F)(F)F)n3)cc2C1. The average molecular weight is 433 g/mol. The molecule has 12 heteroatoms.